The van der Waals surface area contributed by atoms with E-state index in [2.05, 4.69) is 20.5 Å². The highest BCUT2D eigenvalue weighted by Gasteiger charge is 2.05. The Balaban J connectivity index is 1.81. The second-order valence-corrected chi connectivity index (χ2v) is 6.61. The number of nitrogens with zero attached hydrogens (tertiary/aromatic N) is 3. The number of aromatic nitrogens is 2. The molecule has 1 amide bonds. The van der Waals surface area contributed by atoms with Crippen molar-refractivity contribution < 1.29 is 4.79 Å². The smallest absolute Gasteiger partial charge is 0.250 e. The number of thioether (sulfide) groups is 2. The molecule has 0 unspecified atom stereocenters. The maximum atomic E-state index is 11.8. The third-order valence-corrected chi connectivity index (χ3v) is 4.40. The lowest BCUT2D eigenvalue weighted by molar-refractivity contribution is -0.118. The zero-order chi connectivity index (χ0) is 16.7. The molecule has 1 heterocycles. The van der Waals surface area contributed by atoms with Gasteiger partial charge in [-0.3, -0.25) is 4.79 Å². The molecular formula is C16H18N4OS2. The summed E-state index contributed by atoms with van der Waals surface area (Å²) in [7, 11) is 0. The van der Waals surface area contributed by atoms with Gasteiger partial charge in [-0.2, -0.15) is 5.10 Å². The van der Waals surface area contributed by atoms with Gasteiger partial charge in [0.2, 0.25) is 0 Å². The molecule has 0 aliphatic heterocycles. The molecular weight excluding hydrogens is 328 g/mol. The van der Waals surface area contributed by atoms with Crippen LogP contribution in [0.15, 0.2) is 45.5 Å². The van der Waals surface area contributed by atoms with Gasteiger partial charge in [-0.05, 0) is 43.9 Å². The molecule has 2 aromatic rings. The number of nitrogens with one attached hydrogen (secondary N) is 1. The van der Waals surface area contributed by atoms with Gasteiger partial charge in [0.25, 0.3) is 5.91 Å². The summed E-state index contributed by atoms with van der Waals surface area (Å²) in [5, 5.41) is 4.56. The highest BCUT2D eigenvalue weighted by Crippen LogP contribution is 2.14. The van der Waals surface area contributed by atoms with E-state index in [0.717, 1.165) is 17.0 Å². The number of rotatable bonds is 6. The van der Waals surface area contributed by atoms with E-state index in [-0.39, 0.29) is 11.7 Å². The first-order valence-electron chi connectivity index (χ1n) is 6.98. The van der Waals surface area contributed by atoms with Crippen LogP contribution in [0.1, 0.15) is 17.0 Å². The maximum absolute atomic E-state index is 11.8. The van der Waals surface area contributed by atoms with Crippen molar-refractivity contribution in [2.24, 2.45) is 5.10 Å². The lowest BCUT2D eigenvalue weighted by Crippen LogP contribution is -2.19. The van der Waals surface area contributed by atoms with E-state index >= 15 is 0 Å². The summed E-state index contributed by atoms with van der Waals surface area (Å²) in [6.45, 7) is 3.82. The summed E-state index contributed by atoms with van der Waals surface area (Å²) in [6.07, 6.45) is 3.65. The normalized spacial score (nSPS) is 10.9. The van der Waals surface area contributed by atoms with Gasteiger partial charge in [0.05, 0.1) is 12.0 Å². The Morgan fingerprint density at radius 3 is 2.48 bits per heavy atom. The summed E-state index contributed by atoms with van der Waals surface area (Å²) < 4.78 is 0. The van der Waals surface area contributed by atoms with Crippen molar-refractivity contribution in [1.82, 2.24) is 15.4 Å². The van der Waals surface area contributed by atoms with E-state index in [1.807, 2.05) is 50.4 Å². The Labute approximate surface area is 144 Å². The molecule has 0 fully saturated rings. The first-order chi connectivity index (χ1) is 11.1. The van der Waals surface area contributed by atoms with Crippen LogP contribution in [0.5, 0.6) is 0 Å². The third-order valence-electron chi connectivity index (χ3n) is 2.81. The number of hydrogen-bond donors (Lipinski definition) is 1. The van der Waals surface area contributed by atoms with E-state index in [9.17, 15) is 4.79 Å². The van der Waals surface area contributed by atoms with E-state index in [1.165, 1.54) is 16.7 Å². The van der Waals surface area contributed by atoms with Crippen LogP contribution < -0.4 is 5.43 Å². The van der Waals surface area contributed by atoms with Crippen LogP contribution >= 0.6 is 23.5 Å². The number of hydrogen-bond acceptors (Lipinski definition) is 6. The van der Waals surface area contributed by atoms with Gasteiger partial charge in [0.15, 0.2) is 5.16 Å². The van der Waals surface area contributed by atoms with Crippen molar-refractivity contribution in [3.63, 3.8) is 0 Å². The van der Waals surface area contributed by atoms with Crippen molar-refractivity contribution in [2.45, 2.75) is 23.9 Å². The van der Waals surface area contributed by atoms with Crippen LogP contribution in [0, 0.1) is 13.8 Å². The molecule has 2 rings (SSSR count). The van der Waals surface area contributed by atoms with Crippen molar-refractivity contribution in [3.8, 4) is 0 Å². The Kier molecular flexibility index (Phi) is 6.61. The summed E-state index contributed by atoms with van der Waals surface area (Å²) in [6, 6.07) is 9.85. The molecule has 0 saturated heterocycles. The lowest BCUT2D eigenvalue weighted by Gasteiger charge is -2.02. The predicted octanol–water partition coefficient (Wildman–Crippen LogP) is 3.06. The minimum atomic E-state index is -0.185. The van der Waals surface area contributed by atoms with E-state index in [1.54, 1.807) is 18.0 Å². The fraction of sp³-hybridized carbons (Fsp3) is 0.250. The van der Waals surface area contributed by atoms with Crippen molar-refractivity contribution >= 4 is 35.6 Å². The molecule has 5 nitrogen and oxygen atoms in total. The van der Waals surface area contributed by atoms with Gasteiger partial charge in [0, 0.05) is 16.3 Å². The molecule has 23 heavy (non-hydrogen) atoms. The highest BCUT2D eigenvalue weighted by molar-refractivity contribution is 7.99. The summed E-state index contributed by atoms with van der Waals surface area (Å²) in [5.41, 5.74) is 5.24. The van der Waals surface area contributed by atoms with Gasteiger partial charge < -0.3 is 0 Å². The summed E-state index contributed by atoms with van der Waals surface area (Å²) in [4.78, 5) is 21.5. The van der Waals surface area contributed by atoms with Crippen molar-refractivity contribution in [1.29, 1.82) is 0 Å². The number of hydrazone groups is 1. The Bertz CT molecular complexity index is 681. The zero-order valence-corrected chi connectivity index (χ0v) is 14.9. The molecule has 120 valence electrons. The van der Waals surface area contributed by atoms with E-state index in [4.69, 9.17) is 0 Å². The van der Waals surface area contributed by atoms with Gasteiger partial charge in [-0.25, -0.2) is 15.4 Å². The summed E-state index contributed by atoms with van der Waals surface area (Å²) in [5.74, 6) is 0.0424. The molecule has 1 aromatic carbocycles. The molecule has 1 aromatic heterocycles. The van der Waals surface area contributed by atoms with Crippen LogP contribution in [-0.2, 0) is 4.79 Å². The minimum Gasteiger partial charge on any atom is -0.272 e. The second-order valence-electron chi connectivity index (χ2n) is 4.79. The van der Waals surface area contributed by atoms with Crippen LogP contribution in [0.3, 0.4) is 0 Å². The fourth-order valence-electron chi connectivity index (χ4n) is 1.79. The Morgan fingerprint density at radius 1 is 1.22 bits per heavy atom. The molecule has 0 spiro atoms. The Hall–Kier alpha value is -1.86. The minimum absolute atomic E-state index is 0.185. The molecule has 1 N–H and O–H groups in total. The first kappa shape index (κ1) is 17.5. The quantitative estimate of drug-likeness (QED) is 0.377. The maximum Gasteiger partial charge on any atom is 0.250 e. The molecule has 0 aliphatic rings. The molecule has 0 bridgehead atoms. The molecule has 0 radical (unpaired) electrons. The summed E-state index contributed by atoms with van der Waals surface area (Å²) >= 11 is 2.98. The second kappa shape index (κ2) is 8.69. The molecule has 0 aliphatic carbocycles. The number of amides is 1. The first-order valence-corrected chi connectivity index (χ1v) is 9.19. The SMILES string of the molecule is CSc1ccc(/C=N\NC(=O)CSc2nc(C)cc(C)n2)cc1. The van der Waals surface area contributed by atoms with Crippen LogP contribution in [0.25, 0.3) is 0 Å². The molecule has 7 heteroatoms. The topological polar surface area (TPSA) is 67.2 Å². The van der Waals surface area contributed by atoms with Gasteiger partial charge in [-0.1, -0.05) is 23.9 Å². The molecule has 0 saturated carbocycles. The average Bonchev–Trinajstić information content (AvgIpc) is 2.53. The van der Waals surface area contributed by atoms with E-state index < -0.39 is 0 Å². The number of benzene rings is 1. The lowest BCUT2D eigenvalue weighted by atomic mass is 10.2. The zero-order valence-electron chi connectivity index (χ0n) is 13.2. The fourth-order valence-corrected chi connectivity index (χ4v) is 2.94. The van der Waals surface area contributed by atoms with Gasteiger partial charge in [-0.15, -0.1) is 11.8 Å². The third kappa shape index (κ3) is 6.03. The molecule has 0 atom stereocenters. The predicted molar refractivity (Wildman–Crippen MR) is 96.2 cm³/mol. The largest absolute Gasteiger partial charge is 0.272 e. The van der Waals surface area contributed by atoms with Crippen molar-refractivity contribution in [2.75, 3.05) is 12.0 Å². The van der Waals surface area contributed by atoms with E-state index in [0.29, 0.717) is 5.16 Å². The highest BCUT2D eigenvalue weighted by atomic mass is 32.2. The van der Waals surface area contributed by atoms with Gasteiger partial charge in [0.1, 0.15) is 0 Å². The average molecular weight is 346 g/mol. The number of carbonyl (C=O) groups is 1. The van der Waals surface area contributed by atoms with Crippen LogP contribution in [-0.4, -0.2) is 34.1 Å². The number of carbonyl (C=O) groups excluding carboxylic acids is 1. The number of aryl methyl sites for hydroxylation is 2. The van der Waals surface area contributed by atoms with Gasteiger partial charge >= 0.3 is 0 Å². The van der Waals surface area contributed by atoms with Crippen LogP contribution in [0.2, 0.25) is 0 Å². The van der Waals surface area contributed by atoms with Crippen molar-refractivity contribution in [3.05, 3.63) is 47.3 Å². The standard InChI is InChI=1S/C16H18N4OS2/c1-11-8-12(2)19-16(18-11)23-10-15(21)20-17-9-13-4-6-14(22-3)7-5-13/h4-9H,10H2,1-3H3,(H,20,21)/b17-9-. The Morgan fingerprint density at radius 2 is 1.87 bits per heavy atom. The monoisotopic (exact) mass is 346 g/mol. The van der Waals surface area contributed by atoms with Crippen LogP contribution in [0.4, 0.5) is 0 Å².